The zero-order chi connectivity index (χ0) is 24.2. The van der Waals surface area contributed by atoms with E-state index in [4.69, 9.17) is 4.74 Å². The van der Waals surface area contributed by atoms with Gasteiger partial charge in [-0.2, -0.15) is 10.1 Å². The molecule has 1 aliphatic rings. The lowest BCUT2D eigenvalue weighted by Gasteiger charge is -2.27. The minimum atomic E-state index is -0.757. The van der Waals surface area contributed by atoms with E-state index in [2.05, 4.69) is 35.3 Å². The smallest absolute Gasteiger partial charge is 0.306 e. The van der Waals surface area contributed by atoms with Crippen LogP contribution in [0.4, 0.5) is 5.95 Å². The Kier molecular flexibility index (Phi) is 6.99. The highest BCUT2D eigenvalue weighted by molar-refractivity contribution is 5.70. The van der Waals surface area contributed by atoms with Crippen molar-refractivity contribution < 1.29 is 14.6 Å². The highest BCUT2D eigenvalue weighted by Crippen LogP contribution is 2.30. The van der Waals surface area contributed by atoms with E-state index in [1.807, 2.05) is 27.8 Å². The molecule has 0 bridgehead atoms. The standard InChI is InChI=1S/C23H30N8O3/c1-13(2)20-26-12-27-23(30-20)25-10-18-17(9-28-31(18)4)21-24-11-19(14(3)29-21)34-16-7-5-6-15(8-16)22(32)33/h9,11-13,15-16H,5-8,10H2,1-4H3,(H,32,33)(H,25,26,27,30)/t15-,16?/m0/s1. The molecule has 0 amide bonds. The van der Waals surface area contributed by atoms with Gasteiger partial charge >= 0.3 is 5.97 Å². The van der Waals surface area contributed by atoms with Crippen LogP contribution in [0.25, 0.3) is 11.4 Å². The molecule has 1 fully saturated rings. The minimum absolute atomic E-state index is 0.141. The van der Waals surface area contributed by atoms with Gasteiger partial charge in [-0.15, -0.1) is 0 Å². The lowest BCUT2D eigenvalue weighted by Crippen LogP contribution is -2.29. The zero-order valence-corrected chi connectivity index (χ0v) is 19.9. The number of carboxylic acid groups (broad SMARTS) is 1. The van der Waals surface area contributed by atoms with Gasteiger partial charge in [-0.25, -0.2) is 19.9 Å². The van der Waals surface area contributed by atoms with E-state index in [-0.39, 0.29) is 17.9 Å². The van der Waals surface area contributed by atoms with Crippen LogP contribution >= 0.6 is 0 Å². The quantitative estimate of drug-likeness (QED) is 0.508. The molecule has 4 rings (SSSR count). The lowest BCUT2D eigenvalue weighted by molar-refractivity contribution is -0.143. The molecule has 1 unspecified atom stereocenters. The molecule has 3 heterocycles. The summed E-state index contributed by atoms with van der Waals surface area (Å²) in [4.78, 5) is 33.4. The summed E-state index contributed by atoms with van der Waals surface area (Å²) in [5.41, 5.74) is 2.38. The Morgan fingerprint density at radius 2 is 2.06 bits per heavy atom. The second kappa shape index (κ2) is 10.1. The normalized spacial score (nSPS) is 18.1. The van der Waals surface area contributed by atoms with Crippen LogP contribution in [0.3, 0.4) is 0 Å². The molecule has 0 spiro atoms. The Morgan fingerprint density at radius 1 is 1.24 bits per heavy atom. The van der Waals surface area contributed by atoms with Crippen LogP contribution in [0.15, 0.2) is 18.7 Å². The maximum atomic E-state index is 11.3. The molecule has 0 aliphatic heterocycles. The van der Waals surface area contributed by atoms with E-state index in [0.29, 0.717) is 42.6 Å². The fraction of sp³-hybridized carbons (Fsp3) is 0.522. The van der Waals surface area contributed by atoms with E-state index in [1.165, 1.54) is 6.33 Å². The summed E-state index contributed by atoms with van der Waals surface area (Å²) in [6, 6.07) is 0. The van der Waals surface area contributed by atoms with Crippen LogP contribution in [0.5, 0.6) is 5.75 Å². The molecule has 180 valence electrons. The summed E-state index contributed by atoms with van der Waals surface area (Å²) in [5.74, 6) is 1.44. The average molecular weight is 467 g/mol. The van der Waals surface area contributed by atoms with Gasteiger partial charge < -0.3 is 15.2 Å². The van der Waals surface area contributed by atoms with E-state index in [1.54, 1.807) is 17.1 Å². The third-order valence-corrected chi connectivity index (χ3v) is 6.03. The van der Waals surface area contributed by atoms with Gasteiger partial charge in [-0.3, -0.25) is 9.48 Å². The number of carbonyl (C=O) groups is 1. The number of carboxylic acids is 1. The van der Waals surface area contributed by atoms with Crippen LogP contribution in [0.1, 0.15) is 62.7 Å². The van der Waals surface area contributed by atoms with E-state index in [9.17, 15) is 9.90 Å². The summed E-state index contributed by atoms with van der Waals surface area (Å²) in [6.07, 6.45) is 7.63. The van der Waals surface area contributed by atoms with Crippen LogP contribution in [-0.4, -0.2) is 51.9 Å². The number of rotatable bonds is 8. The van der Waals surface area contributed by atoms with Crippen molar-refractivity contribution in [3.8, 4) is 17.1 Å². The maximum Gasteiger partial charge on any atom is 0.306 e. The molecule has 0 radical (unpaired) electrons. The van der Waals surface area contributed by atoms with Crippen LogP contribution in [0.2, 0.25) is 0 Å². The molecule has 2 N–H and O–H groups in total. The molecule has 3 aromatic heterocycles. The first-order valence-corrected chi connectivity index (χ1v) is 11.5. The van der Waals surface area contributed by atoms with Crippen LogP contribution in [0, 0.1) is 12.8 Å². The molecule has 3 aromatic rings. The van der Waals surface area contributed by atoms with Crippen LogP contribution < -0.4 is 10.1 Å². The maximum absolute atomic E-state index is 11.3. The Labute approximate surface area is 198 Å². The monoisotopic (exact) mass is 466 g/mol. The Hall–Kier alpha value is -3.63. The molecule has 0 saturated heterocycles. The van der Waals surface area contributed by atoms with Crippen LogP contribution in [-0.2, 0) is 18.4 Å². The highest BCUT2D eigenvalue weighted by atomic mass is 16.5. The fourth-order valence-electron chi connectivity index (χ4n) is 4.05. The van der Waals surface area contributed by atoms with Crippen molar-refractivity contribution >= 4 is 11.9 Å². The average Bonchev–Trinajstić information content (AvgIpc) is 3.19. The number of hydrogen-bond acceptors (Lipinski definition) is 9. The van der Waals surface area contributed by atoms with Crippen molar-refractivity contribution in [2.45, 2.75) is 65.0 Å². The van der Waals surface area contributed by atoms with Crippen molar-refractivity contribution in [1.82, 2.24) is 34.7 Å². The second-order valence-electron chi connectivity index (χ2n) is 8.89. The Balaban J connectivity index is 1.48. The minimum Gasteiger partial charge on any atom is -0.487 e. The third-order valence-electron chi connectivity index (χ3n) is 6.03. The van der Waals surface area contributed by atoms with E-state index in [0.717, 1.165) is 29.9 Å². The summed E-state index contributed by atoms with van der Waals surface area (Å²) in [7, 11) is 1.86. The van der Waals surface area contributed by atoms with E-state index >= 15 is 0 Å². The van der Waals surface area contributed by atoms with Gasteiger partial charge in [0.25, 0.3) is 0 Å². The first-order valence-electron chi connectivity index (χ1n) is 11.5. The molecular formula is C23H30N8O3. The van der Waals surface area contributed by atoms with Crippen molar-refractivity contribution in [3.05, 3.63) is 35.9 Å². The van der Waals surface area contributed by atoms with Gasteiger partial charge in [0, 0.05) is 13.0 Å². The number of anilines is 1. The number of aromatic nitrogens is 7. The van der Waals surface area contributed by atoms with Gasteiger partial charge in [0.05, 0.1) is 47.9 Å². The summed E-state index contributed by atoms with van der Waals surface area (Å²) in [5, 5.41) is 16.9. The first kappa shape index (κ1) is 23.5. The number of ether oxygens (including phenoxy) is 1. The molecule has 0 aromatic carbocycles. The predicted molar refractivity (Wildman–Crippen MR) is 124 cm³/mol. The molecule has 11 nitrogen and oxygen atoms in total. The molecular weight excluding hydrogens is 436 g/mol. The highest BCUT2D eigenvalue weighted by Gasteiger charge is 2.28. The molecule has 1 aliphatic carbocycles. The molecule has 11 heteroatoms. The number of nitrogens with one attached hydrogen (secondary N) is 1. The molecule has 2 atom stereocenters. The van der Waals surface area contributed by atoms with Crippen molar-refractivity contribution in [1.29, 1.82) is 0 Å². The third kappa shape index (κ3) is 5.29. The fourth-order valence-corrected chi connectivity index (χ4v) is 4.05. The summed E-state index contributed by atoms with van der Waals surface area (Å²) < 4.78 is 7.85. The Morgan fingerprint density at radius 3 is 2.79 bits per heavy atom. The van der Waals surface area contributed by atoms with Gasteiger partial charge in [0.15, 0.2) is 11.6 Å². The van der Waals surface area contributed by atoms with Gasteiger partial charge in [0.2, 0.25) is 5.95 Å². The number of nitrogens with zero attached hydrogens (tertiary/aromatic N) is 7. The number of aryl methyl sites for hydroxylation is 2. The van der Waals surface area contributed by atoms with Crippen molar-refractivity contribution in [2.24, 2.45) is 13.0 Å². The zero-order valence-electron chi connectivity index (χ0n) is 19.9. The first-order chi connectivity index (χ1) is 16.3. The number of aliphatic carboxylic acids is 1. The van der Waals surface area contributed by atoms with Gasteiger partial charge in [-0.1, -0.05) is 13.8 Å². The second-order valence-corrected chi connectivity index (χ2v) is 8.89. The number of hydrogen-bond donors (Lipinski definition) is 2. The van der Waals surface area contributed by atoms with Crippen molar-refractivity contribution in [2.75, 3.05) is 5.32 Å². The van der Waals surface area contributed by atoms with E-state index < -0.39 is 5.97 Å². The van der Waals surface area contributed by atoms with Gasteiger partial charge in [-0.05, 0) is 32.6 Å². The van der Waals surface area contributed by atoms with Gasteiger partial charge in [0.1, 0.15) is 12.2 Å². The lowest BCUT2D eigenvalue weighted by atomic mass is 9.87. The predicted octanol–water partition coefficient (Wildman–Crippen LogP) is 3.13. The summed E-state index contributed by atoms with van der Waals surface area (Å²) >= 11 is 0. The Bertz CT molecular complexity index is 1160. The topological polar surface area (TPSA) is 141 Å². The van der Waals surface area contributed by atoms with Crippen molar-refractivity contribution in [3.63, 3.8) is 0 Å². The SMILES string of the molecule is Cc1nc(-c2cnn(C)c2CNc2ncnc(C(C)C)n2)ncc1OC1CCC[C@H](C(=O)O)C1. The summed E-state index contributed by atoms with van der Waals surface area (Å²) in [6.45, 7) is 6.37. The molecule has 1 saturated carbocycles. The molecule has 34 heavy (non-hydrogen) atoms. The largest absolute Gasteiger partial charge is 0.487 e.